The monoisotopic (exact) mass is 294 g/mol. The third-order valence-corrected chi connectivity index (χ3v) is 3.24. The summed E-state index contributed by atoms with van der Waals surface area (Å²) in [4.78, 5) is 5.77. The predicted octanol–water partition coefficient (Wildman–Crippen LogP) is 2.93. The van der Waals surface area contributed by atoms with E-state index >= 15 is 0 Å². The van der Waals surface area contributed by atoms with E-state index in [-0.39, 0.29) is 12.2 Å². The van der Waals surface area contributed by atoms with Gasteiger partial charge in [-0.1, -0.05) is 0 Å². The summed E-state index contributed by atoms with van der Waals surface area (Å²) in [5.74, 6) is 0.861. The molecule has 0 aromatic carbocycles. The molecule has 1 aliphatic rings. The molecule has 0 N–H and O–H groups in total. The molecule has 1 fully saturated rings. The van der Waals surface area contributed by atoms with Gasteiger partial charge in [-0.05, 0) is 19.1 Å². The lowest BCUT2D eigenvalue weighted by molar-refractivity contribution is -0.137. The van der Waals surface area contributed by atoms with E-state index in [1.165, 1.54) is 6.07 Å². The highest BCUT2D eigenvalue weighted by molar-refractivity contribution is 6.18. The molecule has 0 radical (unpaired) electrons. The summed E-state index contributed by atoms with van der Waals surface area (Å²) in [6.45, 7) is 3.02. The van der Waals surface area contributed by atoms with E-state index in [1.54, 1.807) is 0 Å². The lowest BCUT2D eigenvalue weighted by Crippen LogP contribution is -2.47. The summed E-state index contributed by atoms with van der Waals surface area (Å²) in [6.07, 6.45) is -3.66. The summed E-state index contributed by atoms with van der Waals surface area (Å²) in [5, 5.41) is 0. The fourth-order valence-corrected chi connectivity index (χ4v) is 2.23. The van der Waals surface area contributed by atoms with Gasteiger partial charge in [0, 0.05) is 19.3 Å². The molecule has 2 heterocycles. The van der Waals surface area contributed by atoms with Crippen molar-refractivity contribution in [3.8, 4) is 0 Å². The summed E-state index contributed by atoms with van der Waals surface area (Å²) >= 11 is 5.76. The Morgan fingerprint density at radius 3 is 2.68 bits per heavy atom. The topological polar surface area (TPSA) is 25.4 Å². The maximum absolute atomic E-state index is 12.4. The standard InChI is InChI=1S/C12H14ClF3N2O/c1-8-6-18(7-10(4-13)19-8)11-3-2-9(5-17-11)12(14,15)16/h2-3,5,8,10H,4,6-7H2,1H3. The van der Waals surface area contributed by atoms with Crippen LogP contribution in [0.5, 0.6) is 0 Å². The molecule has 0 spiro atoms. The molecular formula is C12H14ClF3N2O. The first-order valence-electron chi connectivity index (χ1n) is 5.89. The first kappa shape index (κ1) is 14.4. The molecule has 2 rings (SSSR count). The van der Waals surface area contributed by atoms with Gasteiger partial charge in [0.25, 0.3) is 0 Å². The van der Waals surface area contributed by atoms with Gasteiger partial charge in [-0.2, -0.15) is 13.2 Å². The van der Waals surface area contributed by atoms with Crippen molar-refractivity contribution < 1.29 is 17.9 Å². The predicted molar refractivity (Wildman–Crippen MR) is 66.5 cm³/mol. The van der Waals surface area contributed by atoms with Crippen LogP contribution in [0, 0.1) is 0 Å². The van der Waals surface area contributed by atoms with E-state index in [9.17, 15) is 13.2 Å². The van der Waals surface area contributed by atoms with Crippen molar-refractivity contribution in [3.05, 3.63) is 23.9 Å². The zero-order valence-electron chi connectivity index (χ0n) is 10.3. The Labute approximate surface area is 114 Å². The Kier molecular flexibility index (Phi) is 4.20. The van der Waals surface area contributed by atoms with Crippen LogP contribution in [-0.4, -0.2) is 36.2 Å². The number of hydrogen-bond donors (Lipinski definition) is 0. The molecule has 0 saturated carbocycles. The second kappa shape index (κ2) is 5.54. The summed E-state index contributed by atoms with van der Waals surface area (Å²) < 4.78 is 42.9. The van der Waals surface area contributed by atoms with Crippen LogP contribution in [0.25, 0.3) is 0 Å². The largest absolute Gasteiger partial charge is 0.417 e. The highest BCUT2D eigenvalue weighted by Crippen LogP contribution is 2.29. The number of hydrogen-bond acceptors (Lipinski definition) is 3. The van der Waals surface area contributed by atoms with Crippen molar-refractivity contribution >= 4 is 17.4 Å². The number of halogens is 4. The van der Waals surface area contributed by atoms with E-state index in [0.717, 1.165) is 12.3 Å². The van der Waals surface area contributed by atoms with Crippen LogP contribution in [0.2, 0.25) is 0 Å². The molecule has 106 valence electrons. The number of morpholine rings is 1. The number of anilines is 1. The van der Waals surface area contributed by atoms with Crippen molar-refractivity contribution in [1.29, 1.82) is 0 Å². The van der Waals surface area contributed by atoms with Crippen molar-refractivity contribution in [2.45, 2.75) is 25.3 Å². The first-order chi connectivity index (χ1) is 8.90. The molecule has 7 heteroatoms. The first-order valence-corrected chi connectivity index (χ1v) is 6.43. The Morgan fingerprint density at radius 1 is 1.42 bits per heavy atom. The Morgan fingerprint density at radius 2 is 2.16 bits per heavy atom. The summed E-state index contributed by atoms with van der Waals surface area (Å²) in [7, 11) is 0. The van der Waals surface area contributed by atoms with Crippen LogP contribution in [0.4, 0.5) is 19.0 Å². The molecule has 1 aromatic rings. The van der Waals surface area contributed by atoms with Crippen molar-refractivity contribution in [3.63, 3.8) is 0 Å². The lowest BCUT2D eigenvalue weighted by atomic mass is 10.2. The second-order valence-electron chi connectivity index (χ2n) is 4.53. The third kappa shape index (κ3) is 3.51. The molecule has 3 nitrogen and oxygen atoms in total. The van der Waals surface area contributed by atoms with Crippen LogP contribution in [0.15, 0.2) is 18.3 Å². The van der Waals surface area contributed by atoms with E-state index in [1.807, 2.05) is 11.8 Å². The molecule has 0 amide bonds. The lowest BCUT2D eigenvalue weighted by Gasteiger charge is -2.36. The van der Waals surface area contributed by atoms with Gasteiger partial charge < -0.3 is 9.64 Å². The van der Waals surface area contributed by atoms with Gasteiger partial charge >= 0.3 is 6.18 Å². The normalized spacial score (nSPS) is 24.6. The third-order valence-electron chi connectivity index (χ3n) is 2.90. The van der Waals surface area contributed by atoms with Gasteiger partial charge in [-0.3, -0.25) is 0 Å². The van der Waals surface area contributed by atoms with Crippen LogP contribution < -0.4 is 4.90 Å². The Balaban J connectivity index is 2.13. The molecule has 2 atom stereocenters. The minimum absolute atomic E-state index is 0.0263. The number of aromatic nitrogens is 1. The van der Waals surface area contributed by atoms with Crippen LogP contribution >= 0.6 is 11.6 Å². The molecule has 2 unspecified atom stereocenters. The minimum Gasteiger partial charge on any atom is -0.370 e. The van der Waals surface area contributed by atoms with Crippen LogP contribution in [0.3, 0.4) is 0 Å². The van der Waals surface area contributed by atoms with E-state index in [2.05, 4.69) is 4.98 Å². The van der Waals surface area contributed by atoms with E-state index < -0.39 is 11.7 Å². The molecule has 1 aromatic heterocycles. The zero-order chi connectivity index (χ0) is 14.0. The fourth-order valence-electron chi connectivity index (χ4n) is 2.06. The number of ether oxygens (including phenoxy) is 1. The highest BCUT2D eigenvalue weighted by atomic mass is 35.5. The molecule has 0 aliphatic carbocycles. The van der Waals surface area contributed by atoms with Gasteiger partial charge in [-0.25, -0.2) is 4.98 Å². The van der Waals surface area contributed by atoms with E-state index in [4.69, 9.17) is 16.3 Å². The van der Waals surface area contributed by atoms with E-state index in [0.29, 0.717) is 24.8 Å². The molecule has 0 bridgehead atoms. The highest BCUT2D eigenvalue weighted by Gasteiger charge is 2.31. The number of pyridine rings is 1. The average Bonchev–Trinajstić information content (AvgIpc) is 2.37. The van der Waals surface area contributed by atoms with Gasteiger partial charge in [0.05, 0.1) is 23.7 Å². The molecule has 1 aliphatic heterocycles. The van der Waals surface area contributed by atoms with Crippen molar-refractivity contribution in [2.75, 3.05) is 23.9 Å². The van der Waals surface area contributed by atoms with Crippen LogP contribution in [-0.2, 0) is 10.9 Å². The Hall–Kier alpha value is -1.01. The Bertz CT molecular complexity index is 424. The fraction of sp³-hybridized carbons (Fsp3) is 0.583. The van der Waals surface area contributed by atoms with Gasteiger partial charge in [-0.15, -0.1) is 11.6 Å². The quantitative estimate of drug-likeness (QED) is 0.784. The minimum atomic E-state index is -4.36. The number of nitrogens with zero attached hydrogens (tertiary/aromatic N) is 2. The van der Waals surface area contributed by atoms with Crippen molar-refractivity contribution in [2.24, 2.45) is 0 Å². The summed E-state index contributed by atoms with van der Waals surface area (Å²) in [5.41, 5.74) is -0.744. The average molecular weight is 295 g/mol. The van der Waals surface area contributed by atoms with Gasteiger partial charge in [0.2, 0.25) is 0 Å². The van der Waals surface area contributed by atoms with Crippen LogP contribution in [0.1, 0.15) is 12.5 Å². The van der Waals surface area contributed by atoms with Gasteiger partial charge in [0.1, 0.15) is 5.82 Å². The van der Waals surface area contributed by atoms with Gasteiger partial charge in [0.15, 0.2) is 0 Å². The van der Waals surface area contributed by atoms with Crippen molar-refractivity contribution in [1.82, 2.24) is 4.98 Å². The maximum Gasteiger partial charge on any atom is 0.417 e. The second-order valence-corrected chi connectivity index (χ2v) is 4.84. The number of alkyl halides is 4. The zero-order valence-corrected chi connectivity index (χ0v) is 11.1. The smallest absolute Gasteiger partial charge is 0.370 e. The molecule has 19 heavy (non-hydrogen) atoms. The summed E-state index contributed by atoms with van der Waals surface area (Å²) in [6, 6.07) is 2.42. The molecular weight excluding hydrogens is 281 g/mol. The maximum atomic E-state index is 12.4. The number of rotatable bonds is 2. The molecule has 1 saturated heterocycles. The SMILES string of the molecule is CC1CN(c2ccc(C(F)(F)F)cn2)CC(CCl)O1.